The maximum Gasteiger partial charge on any atom is 0.344 e. The smallest absolute Gasteiger partial charge is 0.318 e. The Morgan fingerprint density at radius 1 is 1.31 bits per heavy atom. The largest absolute Gasteiger partial charge is 0.344 e. The van der Waals surface area contributed by atoms with E-state index < -0.39 is 33.2 Å². The van der Waals surface area contributed by atoms with Crippen molar-refractivity contribution in [3.8, 4) is 0 Å². The van der Waals surface area contributed by atoms with E-state index in [1.54, 1.807) is 31.2 Å². The van der Waals surface area contributed by atoms with Crippen molar-refractivity contribution in [1.82, 2.24) is 15.8 Å². The van der Waals surface area contributed by atoms with E-state index in [9.17, 15) is 22.8 Å². The number of hydrogen-bond acceptors (Lipinski definition) is 5. The highest BCUT2D eigenvalue weighted by Gasteiger charge is 2.52. The van der Waals surface area contributed by atoms with E-state index in [1.807, 2.05) is 6.07 Å². The van der Waals surface area contributed by atoms with Crippen LogP contribution < -0.4 is 10.7 Å². The van der Waals surface area contributed by atoms with E-state index in [-0.39, 0.29) is 23.8 Å². The molecule has 2 fully saturated rings. The van der Waals surface area contributed by atoms with Gasteiger partial charge in [-0.2, -0.15) is 5.01 Å². The lowest BCUT2D eigenvalue weighted by Gasteiger charge is -2.25. The lowest BCUT2D eigenvalue weighted by molar-refractivity contribution is -0.139. The minimum atomic E-state index is -3.09. The van der Waals surface area contributed by atoms with Gasteiger partial charge in [-0.25, -0.2) is 13.2 Å². The number of nitrogens with one attached hydrogen (secondary N) is 2. The molecular formula is C17H21N3O5S. The van der Waals surface area contributed by atoms with Gasteiger partial charge in [0.1, 0.15) is 5.54 Å². The Bertz CT molecular complexity index is 839. The molecule has 140 valence electrons. The molecule has 0 radical (unpaired) electrons. The van der Waals surface area contributed by atoms with E-state index >= 15 is 0 Å². The number of rotatable bonds is 5. The maximum absolute atomic E-state index is 12.9. The molecule has 0 spiro atoms. The van der Waals surface area contributed by atoms with Crippen LogP contribution >= 0.6 is 0 Å². The van der Waals surface area contributed by atoms with E-state index in [0.29, 0.717) is 23.4 Å². The van der Waals surface area contributed by atoms with Gasteiger partial charge in [0, 0.05) is 6.42 Å². The summed E-state index contributed by atoms with van der Waals surface area (Å²) >= 11 is 0. The molecule has 0 aromatic heterocycles. The summed E-state index contributed by atoms with van der Waals surface area (Å²) in [6, 6.07) is 8.14. The second-order valence-corrected chi connectivity index (χ2v) is 8.93. The highest BCUT2D eigenvalue weighted by Crippen LogP contribution is 2.31. The molecular weight excluding hydrogens is 358 g/mol. The molecule has 9 heteroatoms. The molecule has 2 aliphatic rings. The van der Waals surface area contributed by atoms with Gasteiger partial charge in [-0.1, -0.05) is 37.3 Å². The van der Waals surface area contributed by atoms with Gasteiger partial charge in [0.2, 0.25) is 5.91 Å². The first kappa shape index (κ1) is 18.4. The van der Waals surface area contributed by atoms with Crippen molar-refractivity contribution in [2.75, 3.05) is 11.5 Å². The molecule has 2 N–H and O–H groups in total. The minimum absolute atomic E-state index is 0.0382. The average Bonchev–Trinajstić information content (AvgIpc) is 3.07. The number of urea groups is 1. The molecule has 2 atom stereocenters. The van der Waals surface area contributed by atoms with E-state index in [2.05, 4.69) is 10.7 Å². The highest BCUT2D eigenvalue weighted by atomic mass is 32.2. The summed E-state index contributed by atoms with van der Waals surface area (Å²) in [5.41, 5.74) is 1.75. The lowest BCUT2D eigenvalue weighted by Crippen LogP contribution is -2.48. The van der Waals surface area contributed by atoms with Gasteiger partial charge in [0.25, 0.3) is 5.91 Å². The number of hydrazine groups is 1. The zero-order chi connectivity index (χ0) is 18.9. The fourth-order valence-electron chi connectivity index (χ4n) is 3.50. The molecule has 1 aromatic rings. The SMILES string of the molecule is CC[C@@]1(c2ccccc2)NC(=O)N(NC(=O)C[C@H]2CCS(=O)(=O)C2)C1=O. The fourth-order valence-corrected chi connectivity index (χ4v) is 5.37. The molecule has 2 saturated heterocycles. The first-order valence-corrected chi connectivity index (χ1v) is 10.3. The summed E-state index contributed by atoms with van der Waals surface area (Å²) < 4.78 is 23.0. The van der Waals surface area contributed by atoms with Crippen molar-refractivity contribution in [1.29, 1.82) is 0 Å². The summed E-state index contributed by atoms with van der Waals surface area (Å²) in [5, 5.41) is 3.37. The first-order valence-electron chi connectivity index (χ1n) is 8.49. The molecule has 3 rings (SSSR count). The van der Waals surface area contributed by atoms with Crippen LogP contribution in [0.25, 0.3) is 0 Å². The van der Waals surface area contributed by atoms with E-state index in [4.69, 9.17) is 0 Å². The fraction of sp³-hybridized carbons (Fsp3) is 0.471. The maximum atomic E-state index is 12.9. The normalized spacial score (nSPS) is 27.4. The molecule has 0 aliphatic carbocycles. The second-order valence-electron chi connectivity index (χ2n) is 6.70. The third kappa shape index (κ3) is 3.31. The number of imide groups is 1. The van der Waals surface area contributed by atoms with Crippen LogP contribution in [-0.2, 0) is 25.0 Å². The topological polar surface area (TPSA) is 113 Å². The van der Waals surface area contributed by atoms with Crippen molar-refractivity contribution in [3.05, 3.63) is 35.9 Å². The molecule has 4 amide bonds. The highest BCUT2D eigenvalue weighted by molar-refractivity contribution is 7.91. The number of sulfone groups is 1. The van der Waals surface area contributed by atoms with Crippen LogP contribution in [0.1, 0.15) is 31.7 Å². The summed E-state index contributed by atoms with van der Waals surface area (Å²) in [6.07, 6.45) is 0.703. The van der Waals surface area contributed by atoms with Crippen molar-refractivity contribution in [2.24, 2.45) is 5.92 Å². The standard InChI is InChI=1S/C17H21N3O5S/c1-2-17(13-6-4-3-5-7-13)15(22)20(16(23)18-17)19-14(21)10-12-8-9-26(24,25)11-12/h3-7,12H,2,8-11H2,1H3,(H,18,23)(H,19,21)/t12-,17+/m1/s1. The predicted octanol–water partition coefficient (Wildman–Crippen LogP) is 0.700. The van der Waals surface area contributed by atoms with Gasteiger partial charge < -0.3 is 5.32 Å². The average molecular weight is 379 g/mol. The molecule has 2 heterocycles. The van der Waals surface area contributed by atoms with Gasteiger partial charge in [-0.05, 0) is 24.3 Å². The van der Waals surface area contributed by atoms with Gasteiger partial charge >= 0.3 is 6.03 Å². The third-order valence-corrected chi connectivity index (χ3v) is 6.76. The van der Waals surface area contributed by atoms with Crippen LogP contribution in [0, 0.1) is 5.92 Å². The molecule has 1 aromatic carbocycles. The Morgan fingerprint density at radius 3 is 2.58 bits per heavy atom. The quantitative estimate of drug-likeness (QED) is 0.731. The van der Waals surface area contributed by atoms with Crippen molar-refractivity contribution < 1.29 is 22.8 Å². The van der Waals surface area contributed by atoms with Crippen molar-refractivity contribution >= 4 is 27.7 Å². The monoisotopic (exact) mass is 379 g/mol. The molecule has 2 aliphatic heterocycles. The Hall–Kier alpha value is -2.42. The molecule has 0 unspecified atom stereocenters. The number of amides is 4. The number of hydrogen-bond donors (Lipinski definition) is 2. The molecule has 26 heavy (non-hydrogen) atoms. The number of benzene rings is 1. The van der Waals surface area contributed by atoms with E-state index in [0.717, 1.165) is 0 Å². The van der Waals surface area contributed by atoms with Crippen molar-refractivity contribution in [2.45, 2.75) is 31.7 Å². The number of carbonyl (C=O) groups is 3. The minimum Gasteiger partial charge on any atom is -0.318 e. The summed E-state index contributed by atoms with van der Waals surface area (Å²) in [7, 11) is -3.09. The van der Waals surface area contributed by atoms with Crippen LogP contribution in [-0.4, -0.2) is 42.8 Å². The Labute approximate surface area is 151 Å². The summed E-state index contributed by atoms with van der Waals surface area (Å²) in [6.45, 7) is 1.78. The van der Waals surface area contributed by atoms with Crippen LogP contribution in [0.4, 0.5) is 4.79 Å². The van der Waals surface area contributed by atoms with Gasteiger partial charge in [-0.15, -0.1) is 0 Å². The zero-order valence-electron chi connectivity index (χ0n) is 14.4. The Morgan fingerprint density at radius 2 is 2.00 bits per heavy atom. The first-order chi connectivity index (χ1) is 12.3. The number of carbonyl (C=O) groups excluding carboxylic acids is 3. The van der Waals surface area contributed by atoms with Gasteiger partial charge in [0.15, 0.2) is 9.84 Å². The van der Waals surface area contributed by atoms with Gasteiger partial charge in [-0.3, -0.25) is 15.0 Å². The summed E-state index contributed by atoms with van der Waals surface area (Å²) in [5.74, 6) is -1.35. The summed E-state index contributed by atoms with van der Waals surface area (Å²) in [4.78, 5) is 37.4. The van der Waals surface area contributed by atoms with Crippen molar-refractivity contribution in [3.63, 3.8) is 0 Å². The lowest BCUT2D eigenvalue weighted by atomic mass is 9.87. The van der Waals surface area contributed by atoms with Crippen LogP contribution in [0.15, 0.2) is 30.3 Å². The Kier molecular flexibility index (Phi) is 4.74. The number of nitrogens with zero attached hydrogens (tertiary/aromatic N) is 1. The molecule has 0 saturated carbocycles. The predicted molar refractivity (Wildman–Crippen MR) is 93.3 cm³/mol. The van der Waals surface area contributed by atoms with Gasteiger partial charge in [0.05, 0.1) is 11.5 Å². The van der Waals surface area contributed by atoms with Crippen LogP contribution in [0.2, 0.25) is 0 Å². The zero-order valence-corrected chi connectivity index (χ0v) is 15.2. The van der Waals surface area contributed by atoms with Crippen LogP contribution in [0.3, 0.4) is 0 Å². The second kappa shape index (κ2) is 6.71. The third-order valence-electron chi connectivity index (χ3n) is 4.93. The Balaban J connectivity index is 1.72. The molecule has 0 bridgehead atoms. The van der Waals surface area contributed by atoms with Crippen LogP contribution in [0.5, 0.6) is 0 Å². The molecule has 8 nitrogen and oxygen atoms in total. The van der Waals surface area contributed by atoms with E-state index in [1.165, 1.54) is 0 Å².